The van der Waals surface area contributed by atoms with E-state index in [0.29, 0.717) is 13.0 Å². The van der Waals surface area contributed by atoms with Gasteiger partial charge in [-0.25, -0.2) is 0 Å². The van der Waals surface area contributed by atoms with Gasteiger partial charge in [0.25, 0.3) is 0 Å². The number of unbranched alkanes of at least 4 members (excludes halogenated alkanes) is 1. The first-order chi connectivity index (χ1) is 14.5. The molecule has 0 unspecified atom stereocenters. The number of likely N-dealkylation sites (N-methyl/N-ethyl adjacent to an activating group) is 1. The van der Waals surface area contributed by atoms with E-state index in [0.717, 1.165) is 62.6 Å². The number of benzene rings is 2. The minimum Gasteiger partial charge on any atom is -0.493 e. The molecule has 0 aliphatic carbocycles. The zero-order chi connectivity index (χ0) is 21.3. The van der Waals surface area contributed by atoms with Gasteiger partial charge in [0.2, 0.25) is 5.91 Å². The molecule has 162 valence electrons. The summed E-state index contributed by atoms with van der Waals surface area (Å²) in [6, 6.07) is 14.5. The molecule has 5 nitrogen and oxygen atoms in total. The van der Waals surface area contributed by atoms with Crippen molar-refractivity contribution in [1.29, 1.82) is 0 Å². The van der Waals surface area contributed by atoms with Gasteiger partial charge in [0, 0.05) is 44.8 Å². The molecule has 1 saturated heterocycles. The van der Waals surface area contributed by atoms with Gasteiger partial charge in [-0.1, -0.05) is 24.3 Å². The molecule has 1 heterocycles. The second-order valence-corrected chi connectivity index (χ2v) is 8.40. The molecule has 1 amide bonds. The van der Waals surface area contributed by atoms with Gasteiger partial charge in [-0.2, -0.15) is 0 Å². The summed E-state index contributed by atoms with van der Waals surface area (Å²) in [7, 11) is 2.17. The Labute approximate surface area is 181 Å². The zero-order valence-electron chi connectivity index (χ0n) is 18.6. The molecule has 5 heteroatoms. The number of amides is 1. The lowest BCUT2D eigenvalue weighted by Crippen LogP contribution is -2.43. The smallest absolute Gasteiger partial charge is 0.224 e. The van der Waals surface area contributed by atoms with Crippen molar-refractivity contribution in [2.24, 2.45) is 0 Å². The molecule has 2 aromatic carbocycles. The molecular formula is C25H35N3O2. The van der Waals surface area contributed by atoms with Crippen LogP contribution in [0, 0.1) is 13.8 Å². The van der Waals surface area contributed by atoms with Crippen LogP contribution in [0.4, 0.5) is 5.69 Å². The summed E-state index contributed by atoms with van der Waals surface area (Å²) in [5.74, 6) is 1.00. The van der Waals surface area contributed by atoms with Gasteiger partial charge in [-0.3, -0.25) is 9.69 Å². The standard InChI is InChI=1S/C25H35N3O2/c1-20-7-8-21(2)24(18-20)30-17-5-4-6-25(29)26-23-11-9-22(10-12-23)19-28-15-13-27(3)14-16-28/h7-12,18H,4-6,13-17,19H2,1-3H3,(H,26,29). The number of carbonyl (C=O) groups is 1. The Morgan fingerprint density at radius 1 is 1.00 bits per heavy atom. The molecule has 1 aliphatic heterocycles. The van der Waals surface area contributed by atoms with Crippen LogP contribution in [0.1, 0.15) is 36.0 Å². The molecule has 2 aromatic rings. The minimum atomic E-state index is 0.0635. The molecule has 0 aromatic heterocycles. The van der Waals surface area contributed by atoms with Crippen LogP contribution >= 0.6 is 0 Å². The maximum absolute atomic E-state index is 12.2. The molecule has 1 fully saturated rings. The Kier molecular flexibility index (Phi) is 8.29. The highest BCUT2D eigenvalue weighted by Gasteiger charge is 2.13. The second kappa shape index (κ2) is 11.1. The fraction of sp³-hybridized carbons (Fsp3) is 0.480. The number of hydrogen-bond donors (Lipinski definition) is 1. The van der Waals surface area contributed by atoms with E-state index in [4.69, 9.17) is 4.74 Å². The van der Waals surface area contributed by atoms with Crippen LogP contribution in [0.25, 0.3) is 0 Å². The number of nitrogens with one attached hydrogen (secondary N) is 1. The average Bonchev–Trinajstić information content (AvgIpc) is 2.73. The molecule has 0 atom stereocenters. The highest BCUT2D eigenvalue weighted by Crippen LogP contribution is 2.19. The van der Waals surface area contributed by atoms with Gasteiger partial charge in [-0.15, -0.1) is 0 Å². The van der Waals surface area contributed by atoms with Crippen LogP contribution in [0.2, 0.25) is 0 Å². The largest absolute Gasteiger partial charge is 0.493 e. The Hall–Kier alpha value is -2.37. The molecule has 0 radical (unpaired) electrons. The summed E-state index contributed by atoms with van der Waals surface area (Å²) in [6.45, 7) is 10.2. The maximum Gasteiger partial charge on any atom is 0.224 e. The van der Waals surface area contributed by atoms with Gasteiger partial charge in [0.15, 0.2) is 0 Å². The molecule has 30 heavy (non-hydrogen) atoms. The predicted molar refractivity (Wildman–Crippen MR) is 123 cm³/mol. The Morgan fingerprint density at radius 2 is 1.73 bits per heavy atom. The van der Waals surface area contributed by atoms with Crippen molar-refractivity contribution < 1.29 is 9.53 Å². The number of ether oxygens (including phenoxy) is 1. The van der Waals surface area contributed by atoms with Crippen molar-refractivity contribution in [3.8, 4) is 5.75 Å². The third-order valence-corrected chi connectivity index (χ3v) is 5.64. The van der Waals surface area contributed by atoms with Crippen molar-refractivity contribution >= 4 is 11.6 Å². The monoisotopic (exact) mass is 409 g/mol. The van der Waals surface area contributed by atoms with Crippen molar-refractivity contribution in [2.75, 3.05) is 45.2 Å². The van der Waals surface area contributed by atoms with Crippen molar-refractivity contribution in [1.82, 2.24) is 9.80 Å². The normalized spacial score (nSPS) is 15.2. The number of anilines is 1. The number of hydrogen-bond acceptors (Lipinski definition) is 4. The lowest BCUT2D eigenvalue weighted by Gasteiger charge is -2.32. The van der Waals surface area contributed by atoms with E-state index in [1.807, 2.05) is 12.1 Å². The topological polar surface area (TPSA) is 44.8 Å². The van der Waals surface area contributed by atoms with E-state index in [1.165, 1.54) is 11.1 Å². The number of nitrogens with zero attached hydrogens (tertiary/aromatic N) is 2. The van der Waals surface area contributed by atoms with Crippen molar-refractivity contribution in [2.45, 2.75) is 39.7 Å². The van der Waals surface area contributed by atoms with Gasteiger partial charge in [-0.05, 0) is 68.6 Å². The molecular weight excluding hydrogens is 374 g/mol. The summed E-state index contributed by atoms with van der Waals surface area (Å²) < 4.78 is 5.86. The zero-order valence-corrected chi connectivity index (χ0v) is 18.6. The highest BCUT2D eigenvalue weighted by atomic mass is 16.5. The molecule has 0 spiro atoms. The summed E-state index contributed by atoms with van der Waals surface area (Å²) in [5, 5.41) is 3.00. The Balaban J connectivity index is 1.33. The highest BCUT2D eigenvalue weighted by molar-refractivity contribution is 5.90. The van der Waals surface area contributed by atoms with Crippen molar-refractivity contribution in [3.63, 3.8) is 0 Å². The number of carbonyl (C=O) groups excluding carboxylic acids is 1. The van der Waals surface area contributed by atoms with Gasteiger partial charge in [0.1, 0.15) is 5.75 Å². The van der Waals surface area contributed by atoms with Crippen LogP contribution in [0.3, 0.4) is 0 Å². The quantitative estimate of drug-likeness (QED) is 0.629. The average molecular weight is 410 g/mol. The van der Waals surface area contributed by atoms with E-state index < -0.39 is 0 Å². The van der Waals surface area contributed by atoms with E-state index >= 15 is 0 Å². The molecule has 1 aliphatic rings. The Morgan fingerprint density at radius 3 is 2.47 bits per heavy atom. The van der Waals surface area contributed by atoms with Gasteiger partial charge >= 0.3 is 0 Å². The van der Waals surface area contributed by atoms with Crippen LogP contribution in [-0.4, -0.2) is 55.5 Å². The third kappa shape index (κ3) is 7.15. The summed E-state index contributed by atoms with van der Waals surface area (Å²) >= 11 is 0. The molecule has 3 rings (SSSR count). The molecule has 0 saturated carbocycles. The van der Waals surface area contributed by atoms with Gasteiger partial charge in [0.05, 0.1) is 6.61 Å². The van der Waals surface area contributed by atoms with E-state index in [9.17, 15) is 4.79 Å². The van der Waals surface area contributed by atoms with Gasteiger partial charge < -0.3 is 15.0 Å². The maximum atomic E-state index is 12.2. The summed E-state index contributed by atoms with van der Waals surface area (Å²) in [5.41, 5.74) is 4.51. The van der Waals surface area contributed by atoms with Crippen LogP contribution in [0.15, 0.2) is 42.5 Å². The van der Waals surface area contributed by atoms with Crippen molar-refractivity contribution in [3.05, 3.63) is 59.2 Å². The summed E-state index contributed by atoms with van der Waals surface area (Å²) in [6.07, 6.45) is 2.20. The van der Waals surface area contributed by atoms with Crippen LogP contribution in [0.5, 0.6) is 5.75 Å². The first-order valence-electron chi connectivity index (χ1n) is 11.0. The second-order valence-electron chi connectivity index (χ2n) is 8.40. The first-order valence-corrected chi connectivity index (χ1v) is 11.0. The van der Waals surface area contributed by atoms with E-state index in [-0.39, 0.29) is 5.91 Å². The minimum absolute atomic E-state index is 0.0635. The van der Waals surface area contributed by atoms with E-state index in [1.54, 1.807) is 0 Å². The third-order valence-electron chi connectivity index (χ3n) is 5.64. The van der Waals surface area contributed by atoms with Crippen LogP contribution < -0.4 is 10.1 Å². The van der Waals surface area contributed by atoms with E-state index in [2.05, 4.69) is 66.3 Å². The fourth-order valence-electron chi connectivity index (χ4n) is 3.61. The number of piperazine rings is 1. The SMILES string of the molecule is Cc1ccc(C)c(OCCCCC(=O)Nc2ccc(CN3CCN(C)CC3)cc2)c1. The molecule has 1 N–H and O–H groups in total. The lowest BCUT2D eigenvalue weighted by molar-refractivity contribution is -0.116. The fourth-order valence-corrected chi connectivity index (χ4v) is 3.61. The lowest BCUT2D eigenvalue weighted by atomic mass is 10.1. The number of aryl methyl sites for hydroxylation is 2. The summed E-state index contributed by atoms with van der Waals surface area (Å²) in [4.78, 5) is 17.1. The number of rotatable bonds is 9. The first kappa shape index (κ1) is 22.3. The Bertz CT molecular complexity index is 812. The van der Waals surface area contributed by atoms with Crippen LogP contribution in [-0.2, 0) is 11.3 Å². The molecule has 0 bridgehead atoms. The predicted octanol–water partition coefficient (Wildman–Crippen LogP) is 4.24.